The van der Waals surface area contributed by atoms with Crippen LogP contribution in [0.25, 0.3) is 0 Å². The molecule has 1 spiro atoms. The van der Waals surface area contributed by atoms with Crippen molar-refractivity contribution in [1.29, 1.82) is 5.26 Å². The Hall–Kier alpha value is -3.33. The van der Waals surface area contributed by atoms with Gasteiger partial charge in [-0.15, -0.1) is 0 Å². The van der Waals surface area contributed by atoms with Crippen LogP contribution in [0.4, 0.5) is 0 Å². The number of rotatable bonds is 5. The van der Waals surface area contributed by atoms with Gasteiger partial charge >= 0.3 is 0 Å². The summed E-state index contributed by atoms with van der Waals surface area (Å²) < 4.78 is 7.48. The first-order valence-electron chi connectivity index (χ1n) is 14.5. The second-order valence-electron chi connectivity index (χ2n) is 12.5. The summed E-state index contributed by atoms with van der Waals surface area (Å²) in [4.78, 5) is 0. The van der Waals surface area contributed by atoms with Gasteiger partial charge in [-0.05, 0) is 71.2 Å². The lowest BCUT2D eigenvalue weighted by Crippen LogP contribution is -2.67. The molecule has 0 saturated heterocycles. The van der Waals surface area contributed by atoms with E-state index in [-0.39, 0.29) is 16.9 Å². The Morgan fingerprint density at radius 2 is 1.62 bits per heavy atom. The lowest BCUT2D eigenvalue weighted by Gasteiger charge is -2.56. The van der Waals surface area contributed by atoms with Crippen LogP contribution in [0, 0.1) is 52.3 Å². The Morgan fingerprint density at radius 1 is 0.975 bits per heavy atom. The van der Waals surface area contributed by atoms with E-state index >= 15 is 0 Å². The molecule has 4 atom stereocenters. The third-order valence-electron chi connectivity index (χ3n) is 9.39. The molecule has 0 radical (unpaired) electrons. The highest BCUT2D eigenvalue weighted by Gasteiger charge is 2.58. The smallest absolute Gasteiger partial charge is 0.261 e. The standard InChI is InChI=1S/C36H39NO2Si/c1-34(2,3)40(31-19-9-6-10-20-31,32-21-11-7-12-22-32)39-28-30-18-14-17-29-16-8-4-5-13-24-35(38)25-15-26-36(29,30)33(35)23-27-37/h4-7,9-12,19-23,29-30,38H,14-15,17-18,25-26,28H2,1-3H3/b5-4-,33-23-. The summed E-state index contributed by atoms with van der Waals surface area (Å²) in [6.45, 7) is 7.46. The molecule has 2 aromatic rings. The predicted octanol–water partition coefficient (Wildman–Crippen LogP) is 5.91. The third kappa shape index (κ3) is 4.78. The maximum atomic E-state index is 12.0. The van der Waals surface area contributed by atoms with Crippen molar-refractivity contribution < 1.29 is 9.53 Å². The van der Waals surface area contributed by atoms with Gasteiger partial charge in [0.2, 0.25) is 0 Å². The van der Waals surface area contributed by atoms with E-state index in [0.717, 1.165) is 37.7 Å². The number of hydrogen-bond acceptors (Lipinski definition) is 3. The predicted molar refractivity (Wildman–Crippen MR) is 164 cm³/mol. The topological polar surface area (TPSA) is 53.2 Å². The highest BCUT2D eigenvalue weighted by Crippen LogP contribution is 2.60. The quantitative estimate of drug-likeness (QED) is 0.289. The maximum Gasteiger partial charge on any atom is 0.261 e. The molecule has 5 rings (SSSR count). The molecule has 0 aromatic heterocycles. The zero-order valence-electron chi connectivity index (χ0n) is 23.9. The molecule has 204 valence electrons. The van der Waals surface area contributed by atoms with Crippen LogP contribution in [0.5, 0.6) is 0 Å². The SMILES string of the molecule is CC(C)(C)[Si](OCC1CCCC2C#C/C=C\C#CC3(O)CCCC21/C3=C\C#N)(c1ccccc1)c1ccccc1. The van der Waals surface area contributed by atoms with Gasteiger partial charge in [0.25, 0.3) is 8.32 Å². The number of benzene rings is 2. The molecule has 2 saturated carbocycles. The van der Waals surface area contributed by atoms with Crippen molar-refractivity contribution in [3.05, 3.63) is 84.5 Å². The average Bonchev–Trinajstić information content (AvgIpc) is 2.94. The van der Waals surface area contributed by atoms with Crippen LogP contribution in [0.15, 0.2) is 84.5 Å². The van der Waals surface area contributed by atoms with Gasteiger partial charge in [0.1, 0.15) is 5.60 Å². The lowest BCUT2D eigenvalue weighted by molar-refractivity contribution is -0.0231. The molecule has 3 nitrogen and oxygen atoms in total. The van der Waals surface area contributed by atoms with Crippen molar-refractivity contribution in [2.45, 2.75) is 69.9 Å². The van der Waals surface area contributed by atoms with Gasteiger partial charge < -0.3 is 9.53 Å². The summed E-state index contributed by atoms with van der Waals surface area (Å²) in [7, 11) is -2.76. The molecule has 3 aliphatic carbocycles. The van der Waals surface area contributed by atoms with E-state index in [1.165, 1.54) is 10.4 Å². The molecule has 4 unspecified atom stereocenters. The van der Waals surface area contributed by atoms with Gasteiger partial charge in [-0.25, -0.2) is 0 Å². The zero-order chi connectivity index (χ0) is 28.3. The summed E-state index contributed by atoms with van der Waals surface area (Å²) in [5.74, 6) is 13.1. The Balaban J connectivity index is 1.65. The van der Waals surface area contributed by atoms with Crippen molar-refractivity contribution in [2.75, 3.05) is 6.61 Å². The highest BCUT2D eigenvalue weighted by molar-refractivity contribution is 6.99. The summed E-state index contributed by atoms with van der Waals surface area (Å²) >= 11 is 0. The van der Waals surface area contributed by atoms with E-state index < -0.39 is 19.3 Å². The summed E-state index contributed by atoms with van der Waals surface area (Å²) in [5.41, 5.74) is -1.03. The van der Waals surface area contributed by atoms with E-state index in [1.807, 2.05) is 0 Å². The number of hydrogen-bond donors (Lipinski definition) is 1. The molecular formula is C36H39NO2Si. The fraction of sp³-hybridized carbons (Fsp3) is 0.417. The van der Waals surface area contributed by atoms with Crippen LogP contribution in [0.1, 0.15) is 59.3 Å². The monoisotopic (exact) mass is 545 g/mol. The fourth-order valence-electron chi connectivity index (χ4n) is 7.71. The Bertz CT molecular complexity index is 1400. The number of allylic oxidation sites excluding steroid dienone is 3. The molecule has 4 heteroatoms. The number of nitrogens with zero attached hydrogens (tertiary/aromatic N) is 1. The minimum Gasteiger partial charge on any atom is -0.407 e. The Labute approximate surface area is 241 Å². The minimum atomic E-state index is -2.76. The first-order chi connectivity index (χ1) is 19.3. The van der Waals surface area contributed by atoms with Crippen LogP contribution in [0.2, 0.25) is 5.04 Å². The van der Waals surface area contributed by atoms with Crippen molar-refractivity contribution in [3.63, 3.8) is 0 Å². The molecule has 1 N–H and O–H groups in total. The summed E-state index contributed by atoms with van der Waals surface area (Å²) in [6, 6.07) is 23.8. The van der Waals surface area contributed by atoms with Crippen molar-refractivity contribution in [2.24, 2.45) is 17.3 Å². The molecule has 0 amide bonds. The third-order valence-corrected chi connectivity index (χ3v) is 14.4. The van der Waals surface area contributed by atoms with Gasteiger partial charge in [0.05, 0.1) is 6.07 Å². The van der Waals surface area contributed by atoms with Crippen LogP contribution in [0.3, 0.4) is 0 Å². The molecule has 0 aliphatic heterocycles. The van der Waals surface area contributed by atoms with Crippen molar-refractivity contribution in [1.82, 2.24) is 0 Å². The van der Waals surface area contributed by atoms with E-state index in [1.54, 1.807) is 18.2 Å². The number of aliphatic hydroxyl groups is 1. The molecule has 40 heavy (non-hydrogen) atoms. The molecule has 2 bridgehead atoms. The molecule has 2 aromatic carbocycles. The van der Waals surface area contributed by atoms with E-state index in [4.69, 9.17) is 4.43 Å². The molecular weight excluding hydrogens is 506 g/mol. The van der Waals surface area contributed by atoms with Crippen LogP contribution >= 0.6 is 0 Å². The average molecular weight is 546 g/mol. The fourth-order valence-corrected chi connectivity index (χ4v) is 12.3. The maximum absolute atomic E-state index is 12.0. The Kier molecular flexibility index (Phi) is 7.95. The van der Waals surface area contributed by atoms with E-state index in [9.17, 15) is 10.4 Å². The molecule has 0 heterocycles. The van der Waals surface area contributed by atoms with Gasteiger partial charge in [0, 0.05) is 24.0 Å². The number of fused-ring (bicyclic) bond motifs is 1. The van der Waals surface area contributed by atoms with Crippen LogP contribution < -0.4 is 10.4 Å². The number of nitriles is 1. The van der Waals surface area contributed by atoms with Gasteiger partial charge in [-0.2, -0.15) is 5.26 Å². The Morgan fingerprint density at radius 3 is 2.25 bits per heavy atom. The van der Waals surface area contributed by atoms with E-state index in [0.29, 0.717) is 13.0 Å². The highest BCUT2D eigenvalue weighted by atomic mass is 28.4. The van der Waals surface area contributed by atoms with Crippen LogP contribution in [-0.4, -0.2) is 25.6 Å². The zero-order valence-corrected chi connectivity index (χ0v) is 24.9. The van der Waals surface area contributed by atoms with Gasteiger partial charge in [-0.3, -0.25) is 0 Å². The van der Waals surface area contributed by atoms with Crippen molar-refractivity contribution >= 4 is 18.7 Å². The largest absolute Gasteiger partial charge is 0.407 e. The summed E-state index contributed by atoms with van der Waals surface area (Å²) in [6.07, 6.45) is 10.3. The molecule has 3 aliphatic rings. The van der Waals surface area contributed by atoms with Gasteiger partial charge in [-0.1, -0.05) is 112 Å². The lowest BCUT2D eigenvalue weighted by atomic mass is 9.49. The normalized spacial score (nSPS) is 29.5. The second-order valence-corrected chi connectivity index (χ2v) is 16.8. The first-order valence-corrected chi connectivity index (χ1v) is 16.5. The first kappa shape index (κ1) is 28.2. The van der Waals surface area contributed by atoms with Crippen molar-refractivity contribution in [3.8, 4) is 29.8 Å². The van der Waals surface area contributed by atoms with E-state index in [2.05, 4.69) is 111 Å². The van der Waals surface area contributed by atoms with Crippen LogP contribution in [-0.2, 0) is 4.43 Å². The van der Waals surface area contributed by atoms with Gasteiger partial charge in [0.15, 0.2) is 0 Å². The second kappa shape index (κ2) is 11.3. The molecule has 2 fully saturated rings. The minimum absolute atomic E-state index is 0.0324. The summed E-state index contributed by atoms with van der Waals surface area (Å²) in [5, 5.41) is 24.3.